The number of amides is 1. The van der Waals surface area contributed by atoms with Crippen LogP contribution in [0.2, 0.25) is 5.02 Å². The first-order valence-corrected chi connectivity index (χ1v) is 10.8. The van der Waals surface area contributed by atoms with E-state index in [1.165, 1.54) is 33.5 Å². The first-order chi connectivity index (χ1) is 15.9. The molecular formula is C23H23ClFN5O2S. The van der Waals surface area contributed by atoms with Crippen LogP contribution in [0.5, 0.6) is 5.88 Å². The molecular weight excluding hydrogens is 465 g/mol. The molecule has 0 aliphatic heterocycles. The van der Waals surface area contributed by atoms with Crippen LogP contribution in [0.15, 0.2) is 63.5 Å². The Labute approximate surface area is 201 Å². The second kappa shape index (κ2) is 12.7. The Morgan fingerprint density at radius 1 is 1.30 bits per heavy atom. The summed E-state index contributed by atoms with van der Waals surface area (Å²) in [6, 6.07) is 11.8. The van der Waals surface area contributed by atoms with Gasteiger partial charge in [0.2, 0.25) is 11.8 Å². The van der Waals surface area contributed by atoms with Crippen LogP contribution < -0.4 is 15.2 Å². The highest BCUT2D eigenvalue weighted by molar-refractivity contribution is 8.00. The summed E-state index contributed by atoms with van der Waals surface area (Å²) in [7, 11) is 3.00. The number of benzene rings is 2. The van der Waals surface area contributed by atoms with Crippen molar-refractivity contribution in [2.75, 3.05) is 18.9 Å². The molecule has 0 aliphatic rings. The number of pyridine rings is 1. The van der Waals surface area contributed by atoms with Gasteiger partial charge in [0.05, 0.1) is 28.4 Å². The van der Waals surface area contributed by atoms with Crippen LogP contribution in [-0.4, -0.2) is 38.0 Å². The molecule has 0 saturated carbocycles. The molecule has 0 atom stereocenters. The lowest BCUT2D eigenvalue weighted by molar-refractivity contribution is -0.115. The van der Waals surface area contributed by atoms with Crippen molar-refractivity contribution in [2.45, 2.75) is 11.8 Å². The molecule has 1 heterocycles. The number of rotatable bonds is 7. The van der Waals surface area contributed by atoms with Gasteiger partial charge in [-0.3, -0.25) is 9.79 Å². The standard InChI is InChI=1S/C22H18ClFN4O2S.CH5N/c1-13(29)26-11-15-9-14(7-8-18(15)25-2)17-5-4-6-19(21(17)24)28-31-20-10-16(23)12-27-22(20)30-3;1-2/h4-12,28H,2H2,1,3H3;2H2,1H3. The summed E-state index contributed by atoms with van der Waals surface area (Å²) in [4.78, 5) is 23.6. The maximum atomic E-state index is 15.3. The predicted octanol–water partition coefficient (Wildman–Crippen LogP) is 5.54. The van der Waals surface area contributed by atoms with E-state index >= 15 is 4.39 Å². The summed E-state index contributed by atoms with van der Waals surface area (Å²) in [5, 5.41) is 0.440. The summed E-state index contributed by atoms with van der Waals surface area (Å²) in [6.07, 6.45) is 2.87. The fraction of sp³-hybridized carbons (Fsp3) is 0.130. The molecule has 0 fully saturated rings. The second-order valence-corrected chi connectivity index (χ2v) is 7.53. The van der Waals surface area contributed by atoms with E-state index < -0.39 is 5.82 Å². The van der Waals surface area contributed by atoms with E-state index in [0.717, 1.165) is 11.9 Å². The van der Waals surface area contributed by atoms with Gasteiger partial charge >= 0.3 is 0 Å². The van der Waals surface area contributed by atoms with Crippen molar-refractivity contribution in [3.63, 3.8) is 0 Å². The van der Waals surface area contributed by atoms with E-state index in [-0.39, 0.29) is 11.6 Å². The van der Waals surface area contributed by atoms with Crippen LogP contribution in [0.4, 0.5) is 15.8 Å². The van der Waals surface area contributed by atoms with Crippen molar-refractivity contribution >= 4 is 53.8 Å². The summed E-state index contributed by atoms with van der Waals surface area (Å²) in [5.74, 6) is -0.418. The highest BCUT2D eigenvalue weighted by atomic mass is 35.5. The average Bonchev–Trinajstić information content (AvgIpc) is 2.83. The van der Waals surface area contributed by atoms with E-state index in [0.29, 0.717) is 38.2 Å². The zero-order chi connectivity index (χ0) is 24.4. The highest BCUT2D eigenvalue weighted by Gasteiger charge is 2.13. The first kappa shape index (κ1) is 26.0. The smallest absolute Gasteiger partial charge is 0.242 e. The number of aromatic nitrogens is 1. The fourth-order valence-corrected chi connectivity index (χ4v) is 3.72. The van der Waals surface area contributed by atoms with Gasteiger partial charge in [-0.25, -0.2) is 14.4 Å². The van der Waals surface area contributed by atoms with Gasteiger partial charge in [-0.15, -0.1) is 0 Å². The van der Waals surface area contributed by atoms with Gasteiger partial charge in [0.1, 0.15) is 0 Å². The zero-order valence-electron chi connectivity index (χ0n) is 18.3. The first-order valence-electron chi connectivity index (χ1n) is 9.57. The number of ether oxygens (including phenoxy) is 1. The monoisotopic (exact) mass is 487 g/mol. The molecule has 0 spiro atoms. The van der Waals surface area contributed by atoms with Gasteiger partial charge in [-0.1, -0.05) is 29.8 Å². The third-order valence-corrected chi connectivity index (χ3v) is 5.18. The predicted molar refractivity (Wildman–Crippen MR) is 135 cm³/mol. The molecule has 0 radical (unpaired) electrons. The van der Waals surface area contributed by atoms with Crippen LogP contribution >= 0.6 is 23.5 Å². The van der Waals surface area contributed by atoms with Gasteiger partial charge < -0.3 is 15.2 Å². The molecule has 0 bridgehead atoms. The fourth-order valence-electron chi connectivity index (χ4n) is 2.71. The number of aliphatic imine (C=N–C) groups is 2. The summed E-state index contributed by atoms with van der Waals surface area (Å²) in [5.41, 5.74) is 6.85. The Morgan fingerprint density at radius 2 is 2.06 bits per heavy atom. The Kier molecular flexibility index (Phi) is 9.99. The number of halogens is 2. The Hall–Kier alpha value is -3.27. The lowest BCUT2D eigenvalue weighted by Crippen LogP contribution is -1.97. The number of hydrogen-bond donors (Lipinski definition) is 2. The Balaban J connectivity index is 0.00000187. The molecule has 7 nitrogen and oxygen atoms in total. The number of anilines is 1. The minimum atomic E-state index is -0.447. The van der Waals surface area contributed by atoms with E-state index in [1.54, 1.807) is 42.5 Å². The van der Waals surface area contributed by atoms with Crippen LogP contribution in [0.1, 0.15) is 12.5 Å². The number of hydrogen-bond acceptors (Lipinski definition) is 7. The van der Waals surface area contributed by atoms with Crippen LogP contribution in [-0.2, 0) is 4.79 Å². The van der Waals surface area contributed by atoms with E-state index in [1.807, 2.05) is 0 Å². The normalized spacial score (nSPS) is 10.4. The molecule has 0 unspecified atom stereocenters. The average molecular weight is 488 g/mol. The lowest BCUT2D eigenvalue weighted by Gasteiger charge is -2.12. The number of carbonyl (C=O) groups excluding carboxylic acids is 1. The minimum Gasteiger partial charge on any atom is -0.480 e. The van der Waals surface area contributed by atoms with E-state index in [2.05, 4.69) is 32.1 Å². The SMILES string of the molecule is C=Nc1ccc(-c2cccc(NSc3cc(Cl)cnc3OC)c2F)cc1C=NC(C)=O.CN. The van der Waals surface area contributed by atoms with Gasteiger partial charge in [0.25, 0.3) is 0 Å². The quantitative estimate of drug-likeness (QED) is 0.335. The molecule has 1 amide bonds. The second-order valence-electron chi connectivity index (χ2n) is 6.24. The number of nitrogens with two attached hydrogens (primary N) is 1. The molecule has 0 aliphatic carbocycles. The Morgan fingerprint density at radius 3 is 2.73 bits per heavy atom. The minimum absolute atomic E-state index is 0.273. The van der Waals surface area contributed by atoms with Gasteiger partial charge in [-0.05, 0) is 55.5 Å². The molecule has 2 aromatic carbocycles. The Bertz CT molecular complexity index is 1170. The molecule has 3 rings (SSSR count). The lowest BCUT2D eigenvalue weighted by atomic mass is 10.0. The van der Waals surface area contributed by atoms with Gasteiger partial charge in [-0.2, -0.15) is 0 Å². The molecule has 3 N–H and O–H groups in total. The summed E-state index contributed by atoms with van der Waals surface area (Å²) < 4.78 is 23.5. The molecule has 33 heavy (non-hydrogen) atoms. The largest absolute Gasteiger partial charge is 0.480 e. The van der Waals surface area contributed by atoms with Crippen molar-refractivity contribution in [3.05, 3.63) is 65.1 Å². The van der Waals surface area contributed by atoms with Crippen molar-refractivity contribution in [2.24, 2.45) is 15.7 Å². The van der Waals surface area contributed by atoms with Crippen molar-refractivity contribution in [1.82, 2.24) is 4.98 Å². The van der Waals surface area contributed by atoms with E-state index in [4.69, 9.17) is 16.3 Å². The number of nitrogens with one attached hydrogen (secondary N) is 1. The summed E-state index contributed by atoms with van der Waals surface area (Å²) >= 11 is 7.13. The molecule has 1 aromatic heterocycles. The molecule has 0 saturated heterocycles. The van der Waals surface area contributed by atoms with Crippen molar-refractivity contribution in [3.8, 4) is 17.0 Å². The number of carbonyl (C=O) groups is 1. The molecule has 3 aromatic rings. The number of methoxy groups -OCH3 is 1. The molecule has 10 heteroatoms. The van der Waals surface area contributed by atoms with Gasteiger partial charge in [0, 0.05) is 30.5 Å². The van der Waals surface area contributed by atoms with Gasteiger partial charge in [0.15, 0.2) is 5.82 Å². The van der Waals surface area contributed by atoms with Crippen molar-refractivity contribution in [1.29, 1.82) is 0 Å². The molecule has 172 valence electrons. The maximum absolute atomic E-state index is 15.3. The maximum Gasteiger partial charge on any atom is 0.242 e. The van der Waals surface area contributed by atoms with Crippen LogP contribution in [0, 0.1) is 5.82 Å². The third-order valence-electron chi connectivity index (χ3n) is 4.14. The number of nitrogens with zero attached hydrogens (tertiary/aromatic N) is 3. The summed E-state index contributed by atoms with van der Waals surface area (Å²) in [6.45, 7) is 4.86. The topological polar surface area (TPSA) is 102 Å². The van der Waals surface area contributed by atoms with Crippen LogP contribution in [0.25, 0.3) is 11.1 Å². The highest BCUT2D eigenvalue weighted by Crippen LogP contribution is 2.35. The van der Waals surface area contributed by atoms with E-state index in [9.17, 15) is 4.79 Å². The zero-order valence-corrected chi connectivity index (χ0v) is 19.9. The van der Waals surface area contributed by atoms with Crippen LogP contribution in [0.3, 0.4) is 0 Å². The third kappa shape index (κ3) is 6.85. The van der Waals surface area contributed by atoms with Crippen molar-refractivity contribution < 1.29 is 13.9 Å².